The Labute approximate surface area is 114 Å². The van der Waals surface area contributed by atoms with Gasteiger partial charge in [0.15, 0.2) is 5.50 Å². The van der Waals surface area contributed by atoms with Crippen LogP contribution in [0.5, 0.6) is 0 Å². The largest absolute Gasteiger partial charge is 0.422 e. The second-order valence-corrected chi connectivity index (χ2v) is 5.15. The van der Waals surface area contributed by atoms with Crippen LogP contribution in [0.25, 0.3) is 11.0 Å². The number of benzene rings is 1. The molecule has 1 aliphatic rings. The van der Waals surface area contributed by atoms with E-state index in [1.807, 2.05) is 42.8 Å². The van der Waals surface area contributed by atoms with Gasteiger partial charge in [-0.05, 0) is 24.5 Å². The number of nitrogens with zero attached hydrogens (tertiary/aromatic N) is 1. The summed E-state index contributed by atoms with van der Waals surface area (Å²) in [7, 11) is 0. The van der Waals surface area contributed by atoms with Crippen molar-refractivity contribution in [1.82, 2.24) is 5.32 Å². The van der Waals surface area contributed by atoms with Gasteiger partial charge in [0.05, 0.1) is 5.56 Å². The molecule has 1 atom stereocenters. The van der Waals surface area contributed by atoms with Gasteiger partial charge in [0.25, 0.3) is 0 Å². The third-order valence-corrected chi connectivity index (χ3v) is 3.65. The fourth-order valence-electron chi connectivity index (χ4n) is 1.90. The van der Waals surface area contributed by atoms with Gasteiger partial charge in [0.1, 0.15) is 5.58 Å². The number of thioether (sulfide) groups is 1. The van der Waals surface area contributed by atoms with Gasteiger partial charge in [0, 0.05) is 17.3 Å². The van der Waals surface area contributed by atoms with Crippen LogP contribution < -0.4 is 10.9 Å². The summed E-state index contributed by atoms with van der Waals surface area (Å²) in [6.45, 7) is 1.82. The van der Waals surface area contributed by atoms with E-state index in [2.05, 4.69) is 10.3 Å². The van der Waals surface area contributed by atoms with E-state index in [0.717, 1.165) is 5.39 Å². The molecule has 0 aliphatic carbocycles. The van der Waals surface area contributed by atoms with E-state index in [1.165, 1.54) is 0 Å². The maximum atomic E-state index is 12.0. The van der Waals surface area contributed by atoms with Gasteiger partial charge in [0.2, 0.25) is 0 Å². The molecular weight excluding hydrogens is 260 g/mol. The molecule has 0 spiro atoms. The average Bonchev–Trinajstić information content (AvgIpc) is 2.90. The number of para-hydroxylation sites is 1. The number of hydrogen-bond acceptors (Lipinski definition) is 5. The van der Waals surface area contributed by atoms with Crippen molar-refractivity contribution in [2.75, 3.05) is 0 Å². The Morgan fingerprint density at radius 1 is 1.42 bits per heavy atom. The minimum Gasteiger partial charge on any atom is -0.422 e. The minimum atomic E-state index is -0.351. The van der Waals surface area contributed by atoms with E-state index in [1.54, 1.807) is 17.8 Å². The molecule has 0 radical (unpaired) electrons. The van der Waals surface area contributed by atoms with Crippen LogP contribution in [0, 0.1) is 0 Å². The normalized spacial score (nSPS) is 18.8. The van der Waals surface area contributed by atoms with Crippen LogP contribution in [0.4, 0.5) is 0 Å². The van der Waals surface area contributed by atoms with E-state index in [-0.39, 0.29) is 11.1 Å². The summed E-state index contributed by atoms with van der Waals surface area (Å²) in [6.07, 6.45) is 1.84. The third kappa shape index (κ3) is 2.42. The molecule has 1 aromatic heterocycles. The Morgan fingerprint density at radius 2 is 2.26 bits per heavy atom. The topological polar surface area (TPSA) is 54.6 Å². The molecule has 0 saturated heterocycles. The molecule has 1 N–H and O–H groups in total. The molecular formula is C14H12N2O2S. The third-order valence-electron chi connectivity index (χ3n) is 2.86. The van der Waals surface area contributed by atoms with E-state index >= 15 is 0 Å². The molecule has 1 aromatic carbocycles. The Balaban J connectivity index is 2.04. The summed E-state index contributed by atoms with van der Waals surface area (Å²) < 4.78 is 5.30. The van der Waals surface area contributed by atoms with Crippen molar-refractivity contribution < 1.29 is 4.42 Å². The van der Waals surface area contributed by atoms with Crippen molar-refractivity contribution in [3.63, 3.8) is 0 Å². The van der Waals surface area contributed by atoms with Gasteiger partial charge in [-0.15, -0.1) is 0 Å². The zero-order valence-electron chi connectivity index (χ0n) is 10.3. The van der Waals surface area contributed by atoms with Crippen molar-refractivity contribution in [3.8, 4) is 0 Å². The van der Waals surface area contributed by atoms with E-state index in [9.17, 15) is 4.79 Å². The predicted molar refractivity (Wildman–Crippen MR) is 78.3 cm³/mol. The molecule has 2 aromatic rings. The van der Waals surface area contributed by atoms with Crippen LogP contribution in [-0.2, 0) is 0 Å². The second kappa shape index (κ2) is 4.93. The average molecular weight is 272 g/mol. The smallest absolute Gasteiger partial charge is 0.345 e. The predicted octanol–water partition coefficient (Wildman–Crippen LogP) is 2.69. The first-order chi connectivity index (χ1) is 9.24. The first-order valence-corrected chi connectivity index (χ1v) is 6.82. The molecule has 3 rings (SSSR count). The van der Waals surface area contributed by atoms with Gasteiger partial charge in [-0.2, -0.15) is 0 Å². The highest BCUT2D eigenvalue weighted by molar-refractivity contribution is 8.02. The van der Waals surface area contributed by atoms with Crippen LogP contribution in [-0.4, -0.2) is 11.2 Å². The Hall–Kier alpha value is -2.01. The van der Waals surface area contributed by atoms with Crippen molar-refractivity contribution in [2.45, 2.75) is 12.4 Å². The minimum absolute atomic E-state index is 0.0640. The van der Waals surface area contributed by atoms with Gasteiger partial charge in [-0.25, -0.2) is 4.79 Å². The first kappa shape index (κ1) is 12.0. The van der Waals surface area contributed by atoms with E-state index in [0.29, 0.717) is 16.9 Å². The Morgan fingerprint density at radius 3 is 3.05 bits per heavy atom. The van der Waals surface area contributed by atoms with Crippen molar-refractivity contribution in [2.24, 2.45) is 4.99 Å². The van der Waals surface area contributed by atoms with Crippen LogP contribution in [0.1, 0.15) is 12.5 Å². The maximum Gasteiger partial charge on any atom is 0.345 e. The molecule has 19 heavy (non-hydrogen) atoms. The summed E-state index contributed by atoms with van der Waals surface area (Å²) >= 11 is 1.56. The summed E-state index contributed by atoms with van der Waals surface area (Å²) in [6, 6.07) is 9.28. The lowest BCUT2D eigenvalue weighted by Gasteiger charge is -2.07. The molecule has 0 unspecified atom stereocenters. The number of hydrogen-bond donors (Lipinski definition) is 1. The summed E-state index contributed by atoms with van der Waals surface area (Å²) in [5.74, 6) is 0. The van der Waals surface area contributed by atoms with Crippen LogP contribution in [0.2, 0.25) is 0 Å². The molecule has 96 valence electrons. The van der Waals surface area contributed by atoms with Crippen molar-refractivity contribution >= 4 is 28.4 Å². The summed E-state index contributed by atoms with van der Waals surface area (Å²) in [4.78, 5) is 16.4. The number of fused-ring (bicyclic) bond motifs is 1. The molecule has 0 fully saturated rings. The highest BCUT2D eigenvalue weighted by atomic mass is 32.2. The molecule has 4 nitrogen and oxygen atoms in total. The maximum absolute atomic E-state index is 12.0. The highest BCUT2D eigenvalue weighted by Gasteiger charge is 2.12. The Bertz CT molecular complexity index is 726. The molecule has 0 bridgehead atoms. The van der Waals surface area contributed by atoms with Gasteiger partial charge in [-0.3, -0.25) is 4.99 Å². The second-order valence-electron chi connectivity index (χ2n) is 4.16. The summed E-state index contributed by atoms with van der Waals surface area (Å²) in [5, 5.41) is 5.91. The monoisotopic (exact) mass is 272 g/mol. The molecule has 2 heterocycles. The highest BCUT2D eigenvalue weighted by Crippen LogP contribution is 2.18. The number of aliphatic imine (C=N–C) groups is 1. The lowest BCUT2D eigenvalue weighted by atomic mass is 10.1. The zero-order chi connectivity index (χ0) is 13.2. The standard InChI is InChI=1S/C14H12N2O2S/c1-9(16-14-15-6-7-19-14)11-8-10-4-2-3-5-12(10)18-13(11)17/h2-8,14-15H,1H3/t14-/m1/s1. The molecule has 0 saturated carbocycles. The van der Waals surface area contributed by atoms with Gasteiger partial charge >= 0.3 is 5.63 Å². The van der Waals surface area contributed by atoms with Crippen molar-refractivity contribution in [1.29, 1.82) is 0 Å². The summed E-state index contributed by atoms with van der Waals surface area (Å²) in [5.41, 5.74) is 1.36. The fourth-order valence-corrected chi connectivity index (χ4v) is 2.58. The first-order valence-electron chi connectivity index (χ1n) is 5.88. The zero-order valence-corrected chi connectivity index (χ0v) is 11.1. The van der Waals surface area contributed by atoms with E-state index in [4.69, 9.17) is 4.42 Å². The lowest BCUT2D eigenvalue weighted by molar-refractivity contribution is 0.559. The van der Waals surface area contributed by atoms with Crippen LogP contribution in [0.3, 0.4) is 0 Å². The molecule has 0 amide bonds. The SMILES string of the molecule is CC(=N[C@H]1NC=CS1)c1cc2ccccc2oc1=O. The quantitative estimate of drug-likeness (QED) is 0.674. The van der Waals surface area contributed by atoms with Gasteiger partial charge in [-0.1, -0.05) is 30.0 Å². The fraction of sp³-hybridized carbons (Fsp3) is 0.143. The van der Waals surface area contributed by atoms with E-state index < -0.39 is 0 Å². The van der Waals surface area contributed by atoms with Crippen LogP contribution in [0.15, 0.2) is 56.1 Å². The van der Waals surface area contributed by atoms with Crippen LogP contribution >= 0.6 is 11.8 Å². The number of rotatable bonds is 2. The van der Waals surface area contributed by atoms with Crippen molar-refractivity contribution in [3.05, 3.63) is 57.9 Å². The number of nitrogens with one attached hydrogen (secondary N) is 1. The lowest BCUT2D eigenvalue weighted by Crippen LogP contribution is -2.18. The molecule has 1 aliphatic heterocycles. The Kier molecular flexibility index (Phi) is 3.13. The van der Waals surface area contributed by atoms with Gasteiger partial charge < -0.3 is 9.73 Å². The molecule has 5 heteroatoms.